The Morgan fingerprint density at radius 1 is 1.08 bits per heavy atom. The van der Waals surface area contributed by atoms with E-state index in [9.17, 15) is 22.8 Å². The van der Waals surface area contributed by atoms with Gasteiger partial charge in [-0.05, 0) is 30.3 Å². The van der Waals surface area contributed by atoms with Gasteiger partial charge in [0.15, 0.2) is 17.5 Å². The molecule has 0 aliphatic rings. The number of amides is 2. The van der Waals surface area contributed by atoms with Crippen LogP contribution < -0.4 is 10.6 Å². The third-order valence-electron chi connectivity index (χ3n) is 2.83. The summed E-state index contributed by atoms with van der Waals surface area (Å²) in [7, 11) is 0. The first-order valence-corrected chi connectivity index (χ1v) is 6.77. The smallest absolute Gasteiger partial charge is 0.244 e. The highest BCUT2D eigenvalue weighted by Gasteiger charge is 2.15. The number of rotatable bonds is 5. The summed E-state index contributed by atoms with van der Waals surface area (Å²) >= 11 is 0. The fraction of sp³-hybridized carbons (Fsp3) is 0.0625. The van der Waals surface area contributed by atoms with Crippen LogP contribution in [-0.4, -0.2) is 23.3 Å². The lowest BCUT2D eigenvalue weighted by atomic mass is 10.2. The summed E-state index contributed by atoms with van der Waals surface area (Å²) in [6, 6.07) is 6.71. The molecule has 2 amide bonds. The number of aromatic nitrogens is 1. The Kier molecular flexibility index (Phi) is 5.67. The van der Waals surface area contributed by atoms with Crippen molar-refractivity contribution in [2.24, 2.45) is 0 Å². The topological polar surface area (TPSA) is 71.1 Å². The van der Waals surface area contributed by atoms with E-state index >= 15 is 0 Å². The summed E-state index contributed by atoms with van der Waals surface area (Å²) in [6.45, 7) is -0.468. The SMILES string of the molecule is O=C(/C=C/c1ccccn1)NCC(=O)Nc1ccc(F)c(F)c1F. The number of carbonyl (C=O) groups is 2. The van der Waals surface area contributed by atoms with E-state index in [1.54, 1.807) is 24.4 Å². The van der Waals surface area contributed by atoms with Crippen molar-refractivity contribution in [1.29, 1.82) is 0 Å². The van der Waals surface area contributed by atoms with Gasteiger partial charge in [0.2, 0.25) is 11.8 Å². The fourth-order valence-corrected chi connectivity index (χ4v) is 1.68. The first-order chi connectivity index (χ1) is 11.5. The van der Waals surface area contributed by atoms with Gasteiger partial charge in [-0.2, -0.15) is 0 Å². The zero-order chi connectivity index (χ0) is 17.5. The van der Waals surface area contributed by atoms with Gasteiger partial charge in [-0.3, -0.25) is 14.6 Å². The molecule has 1 aromatic carbocycles. The zero-order valence-electron chi connectivity index (χ0n) is 12.2. The predicted octanol–water partition coefficient (Wildman–Crippen LogP) is 2.27. The van der Waals surface area contributed by atoms with Crippen LogP contribution in [-0.2, 0) is 9.59 Å². The van der Waals surface area contributed by atoms with Gasteiger partial charge in [0.1, 0.15) is 0 Å². The van der Waals surface area contributed by atoms with Gasteiger partial charge in [0.05, 0.1) is 17.9 Å². The van der Waals surface area contributed by atoms with Crippen LogP contribution in [0.4, 0.5) is 18.9 Å². The molecule has 2 aromatic rings. The molecule has 0 saturated carbocycles. The second-order valence-corrected chi connectivity index (χ2v) is 4.58. The van der Waals surface area contributed by atoms with E-state index in [0.717, 1.165) is 6.07 Å². The van der Waals surface area contributed by atoms with Crippen molar-refractivity contribution in [3.05, 3.63) is 65.8 Å². The third-order valence-corrected chi connectivity index (χ3v) is 2.83. The van der Waals surface area contributed by atoms with Gasteiger partial charge in [-0.15, -0.1) is 0 Å². The molecule has 1 heterocycles. The van der Waals surface area contributed by atoms with Crippen LogP contribution in [0, 0.1) is 17.5 Å². The average Bonchev–Trinajstić information content (AvgIpc) is 2.59. The number of carbonyl (C=O) groups excluding carboxylic acids is 2. The first kappa shape index (κ1) is 17.2. The van der Waals surface area contributed by atoms with Gasteiger partial charge in [0.25, 0.3) is 0 Å². The lowest BCUT2D eigenvalue weighted by Gasteiger charge is -2.07. The minimum absolute atomic E-state index is 0.468. The van der Waals surface area contributed by atoms with E-state index < -0.39 is 41.5 Å². The van der Waals surface area contributed by atoms with Crippen molar-refractivity contribution in [2.45, 2.75) is 0 Å². The molecule has 2 rings (SSSR count). The second-order valence-electron chi connectivity index (χ2n) is 4.58. The van der Waals surface area contributed by atoms with Crippen LogP contribution in [0.25, 0.3) is 6.08 Å². The van der Waals surface area contributed by atoms with Gasteiger partial charge in [0, 0.05) is 12.3 Å². The summed E-state index contributed by atoms with van der Waals surface area (Å²) in [5.74, 6) is -5.92. The molecule has 2 N–H and O–H groups in total. The highest BCUT2D eigenvalue weighted by Crippen LogP contribution is 2.19. The normalized spacial score (nSPS) is 10.6. The highest BCUT2D eigenvalue weighted by atomic mass is 19.2. The summed E-state index contributed by atoms with van der Waals surface area (Å²) in [5, 5.41) is 4.30. The van der Waals surface area contributed by atoms with E-state index in [-0.39, 0.29) is 0 Å². The number of benzene rings is 1. The summed E-state index contributed by atoms with van der Waals surface area (Å²) in [5.41, 5.74) is 0.0399. The predicted molar refractivity (Wildman–Crippen MR) is 81.2 cm³/mol. The Labute approximate surface area is 135 Å². The zero-order valence-corrected chi connectivity index (χ0v) is 12.2. The molecule has 0 aliphatic heterocycles. The van der Waals surface area contributed by atoms with Gasteiger partial charge < -0.3 is 10.6 Å². The Balaban J connectivity index is 1.86. The van der Waals surface area contributed by atoms with E-state index in [1.165, 1.54) is 12.2 Å². The fourth-order valence-electron chi connectivity index (χ4n) is 1.68. The second kappa shape index (κ2) is 7.91. The molecule has 24 heavy (non-hydrogen) atoms. The van der Waals surface area contributed by atoms with E-state index in [0.29, 0.717) is 11.8 Å². The Hall–Kier alpha value is -3.16. The molecule has 0 spiro atoms. The molecule has 1 aromatic heterocycles. The van der Waals surface area contributed by atoms with Crippen molar-refractivity contribution in [2.75, 3.05) is 11.9 Å². The molecular formula is C16H12F3N3O2. The molecular weight excluding hydrogens is 323 g/mol. The number of nitrogens with one attached hydrogen (secondary N) is 2. The van der Waals surface area contributed by atoms with E-state index in [4.69, 9.17) is 0 Å². The molecule has 8 heteroatoms. The maximum atomic E-state index is 13.4. The van der Waals surface area contributed by atoms with Crippen LogP contribution in [0.3, 0.4) is 0 Å². The Morgan fingerprint density at radius 3 is 2.58 bits per heavy atom. The minimum atomic E-state index is -1.69. The number of halogens is 3. The van der Waals surface area contributed by atoms with Crippen molar-refractivity contribution in [3.8, 4) is 0 Å². The Morgan fingerprint density at radius 2 is 1.88 bits per heavy atom. The summed E-state index contributed by atoms with van der Waals surface area (Å²) in [6.07, 6.45) is 4.18. The summed E-state index contributed by atoms with van der Waals surface area (Å²) < 4.78 is 39.2. The number of anilines is 1. The number of pyridine rings is 1. The largest absolute Gasteiger partial charge is 0.343 e. The van der Waals surface area contributed by atoms with Crippen molar-refractivity contribution < 1.29 is 22.8 Å². The van der Waals surface area contributed by atoms with Gasteiger partial charge in [-0.1, -0.05) is 6.07 Å². The molecule has 124 valence electrons. The first-order valence-electron chi connectivity index (χ1n) is 6.77. The van der Waals surface area contributed by atoms with Crippen LogP contribution in [0.1, 0.15) is 5.69 Å². The van der Waals surface area contributed by atoms with Crippen molar-refractivity contribution in [3.63, 3.8) is 0 Å². The molecule has 0 bridgehead atoms. The molecule has 0 saturated heterocycles. The average molecular weight is 335 g/mol. The molecule has 0 unspecified atom stereocenters. The van der Waals surface area contributed by atoms with E-state index in [1.807, 2.05) is 5.32 Å². The monoisotopic (exact) mass is 335 g/mol. The number of hydrogen-bond acceptors (Lipinski definition) is 3. The highest BCUT2D eigenvalue weighted by molar-refractivity contribution is 5.97. The molecule has 0 radical (unpaired) electrons. The minimum Gasteiger partial charge on any atom is -0.343 e. The van der Waals surface area contributed by atoms with Crippen LogP contribution in [0.15, 0.2) is 42.6 Å². The number of nitrogens with zero attached hydrogens (tertiary/aromatic N) is 1. The molecule has 0 atom stereocenters. The summed E-state index contributed by atoms with van der Waals surface area (Å²) in [4.78, 5) is 27.1. The maximum absolute atomic E-state index is 13.4. The molecule has 0 aliphatic carbocycles. The van der Waals surface area contributed by atoms with Crippen molar-refractivity contribution in [1.82, 2.24) is 10.3 Å². The van der Waals surface area contributed by atoms with Crippen molar-refractivity contribution >= 4 is 23.6 Å². The van der Waals surface area contributed by atoms with Gasteiger partial charge in [-0.25, -0.2) is 13.2 Å². The lowest BCUT2D eigenvalue weighted by Crippen LogP contribution is -2.32. The quantitative estimate of drug-likeness (QED) is 0.650. The standard InChI is InChI=1S/C16H12F3N3O2/c17-11-5-6-12(16(19)15(11)18)22-14(24)9-21-13(23)7-4-10-3-1-2-8-20-10/h1-8H,9H2,(H,21,23)(H,22,24)/b7-4+. The third kappa shape index (κ3) is 4.67. The molecule has 0 fully saturated rings. The maximum Gasteiger partial charge on any atom is 0.244 e. The number of hydrogen-bond donors (Lipinski definition) is 2. The molecule has 5 nitrogen and oxygen atoms in total. The van der Waals surface area contributed by atoms with Crippen LogP contribution in [0.2, 0.25) is 0 Å². The van der Waals surface area contributed by atoms with Crippen LogP contribution in [0.5, 0.6) is 0 Å². The van der Waals surface area contributed by atoms with Crippen LogP contribution >= 0.6 is 0 Å². The van der Waals surface area contributed by atoms with E-state index in [2.05, 4.69) is 10.3 Å². The van der Waals surface area contributed by atoms with Gasteiger partial charge >= 0.3 is 0 Å². The lowest BCUT2D eigenvalue weighted by molar-refractivity contribution is -0.121. The Bertz CT molecular complexity index is 780.